The number of ketones is 1. The summed E-state index contributed by atoms with van der Waals surface area (Å²) < 4.78 is 48.0. The predicted octanol–water partition coefficient (Wildman–Crippen LogP) is 2.17. The van der Waals surface area contributed by atoms with E-state index in [0.717, 1.165) is 0 Å². The van der Waals surface area contributed by atoms with E-state index in [9.17, 15) is 18.0 Å². The lowest BCUT2D eigenvalue weighted by atomic mass is 9.91. The van der Waals surface area contributed by atoms with E-state index in [1.165, 1.54) is 32.4 Å². The summed E-state index contributed by atoms with van der Waals surface area (Å²) in [5.41, 5.74) is 1.90. The van der Waals surface area contributed by atoms with Crippen LogP contribution < -0.4 is 15.2 Å². The monoisotopic (exact) mass is 277 g/mol. The van der Waals surface area contributed by atoms with Gasteiger partial charge in [0.15, 0.2) is 11.3 Å². The molecule has 7 heteroatoms. The van der Waals surface area contributed by atoms with Gasteiger partial charge in [0.05, 0.1) is 14.2 Å². The van der Waals surface area contributed by atoms with Crippen molar-refractivity contribution in [1.82, 2.24) is 0 Å². The largest absolute Gasteiger partial charge is 0.497 e. The van der Waals surface area contributed by atoms with Crippen molar-refractivity contribution < 1.29 is 27.4 Å². The van der Waals surface area contributed by atoms with Crippen LogP contribution in [0.1, 0.15) is 17.3 Å². The smallest absolute Gasteiger partial charge is 0.413 e. The highest BCUT2D eigenvalue weighted by atomic mass is 19.4. The number of rotatable bonds is 4. The van der Waals surface area contributed by atoms with Gasteiger partial charge in [-0.25, -0.2) is 0 Å². The summed E-state index contributed by atoms with van der Waals surface area (Å²) in [5.74, 6) is -0.835. The van der Waals surface area contributed by atoms with Crippen LogP contribution in [0, 0.1) is 0 Å². The Morgan fingerprint density at radius 2 is 1.53 bits per heavy atom. The Kier molecular flexibility index (Phi) is 4.09. The highest BCUT2D eigenvalue weighted by molar-refractivity contribution is 6.04. The van der Waals surface area contributed by atoms with Crippen molar-refractivity contribution in [2.24, 2.45) is 5.73 Å². The van der Waals surface area contributed by atoms with Gasteiger partial charge in [0.25, 0.3) is 0 Å². The molecule has 0 bridgehead atoms. The van der Waals surface area contributed by atoms with Crippen LogP contribution in [-0.4, -0.2) is 31.7 Å². The summed E-state index contributed by atoms with van der Waals surface area (Å²) in [6.45, 7) is 0.626. The molecule has 0 aliphatic rings. The van der Waals surface area contributed by atoms with Gasteiger partial charge in [-0.1, -0.05) is 0 Å². The fraction of sp³-hybridized carbons (Fsp3) is 0.417. The number of alkyl halides is 3. The number of halogens is 3. The first kappa shape index (κ1) is 15.3. The SMILES string of the molecule is COc1cc(OC)cc(C(=O)C(C)(N)C(F)(F)F)c1. The molecule has 4 nitrogen and oxygen atoms in total. The van der Waals surface area contributed by atoms with Crippen LogP contribution in [0.4, 0.5) is 13.2 Å². The van der Waals surface area contributed by atoms with Crippen molar-refractivity contribution in [2.45, 2.75) is 18.6 Å². The summed E-state index contributed by atoms with van der Waals surface area (Å²) in [6, 6.07) is 3.81. The third-order valence-electron chi connectivity index (χ3n) is 2.67. The number of carbonyl (C=O) groups is 1. The fourth-order valence-electron chi connectivity index (χ4n) is 1.37. The normalized spacial score (nSPS) is 14.7. The molecule has 0 fully saturated rings. The number of benzene rings is 1. The van der Waals surface area contributed by atoms with Gasteiger partial charge < -0.3 is 15.2 Å². The minimum atomic E-state index is -4.85. The zero-order valence-electron chi connectivity index (χ0n) is 10.7. The van der Waals surface area contributed by atoms with Crippen molar-refractivity contribution >= 4 is 5.78 Å². The number of ether oxygens (including phenoxy) is 2. The maximum atomic E-state index is 12.7. The molecule has 1 rings (SSSR count). The second-order valence-corrected chi connectivity index (χ2v) is 4.13. The Morgan fingerprint density at radius 1 is 1.11 bits per heavy atom. The zero-order chi connectivity index (χ0) is 14.8. The van der Waals surface area contributed by atoms with Crippen molar-refractivity contribution in [3.05, 3.63) is 23.8 Å². The second-order valence-electron chi connectivity index (χ2n) is 4.13. The van der Waals surface area contributed by atoms with Gasteiger partial charge in [0, 0.05) is 11.6 Å². The molecule has 0 radical (unpaired) electrons. The molecule has 1 atom stereocenters. The molecule has 0 amide bonds. The molecule has 2 N–H and O–H groups in total. The quantitative estimate of drug-likeness (QED) is 0.857. The Morgan fingerprint density at radius 3 is 1.84 bits per heavy atom. The van der Waals surface area contributed by atoms with E-state index in [4.69, 9.17) is 15.2 Å². The summed E-state index contributed by atoms with van der Waals surface area (Å²) in [4.78, 5) is 11.9. The summed E-state index contributed by atoms with van der Waals surface area (Å²) in [5, 5.41) is 0. The van der Waals surface area contributed by atoms with Gasteiger partial charge in [-0.3, -0.25) is 4.79 Å². The minimum absolute atomic E-state index is 0.209. The molecule has 0 spiro atoms. The lowest BCUT2D eigenvalue weighted by molar-refractivity contribution is -0.165. The average Bonchev–Trinajstić information content (AvgIpc) is 2.35. The van der Waals surface area contributed by atoms with Crippen LogP contribution in [-0.2, 0) is 0 Å². The Balaban J connectivity index is 3.26. The van der Waals surface area contributed by atoms with Gasteiger partial charge in [-0.2, -0.15) is 13.2 Å². The summed E-state index contributed by atoms with van der Waals surface area (Å²) in [6.07, 6.45) is -4.85. The number of carbonyl (C=O) groups excluding carboxylic acids is 1. The van der Waals surface area contributed by atoms with Gasteiger partial charge in [0.1, 0.15) is 11.5 Å². The first-order chi connectivity index (χ1) is 8.63. The van der Waals surface area contributed by atoms with E-state index in [0.29, 0.717) is 6.92 Å². The molecular formula is C12H14F3NO3. The summed E-state index contributed by atoms with van der Waals surface area (Å²) in [7, 11) is 2.66. The second kappa shape index (κ2) is 5.08. The predicted molar refractivity (Wildman–Crippen MR) is 62.5 cm³/mol. The Hall–Kier alpha value is -1.76. The van der Waals surface area contributed by atoms with Crippen molar-refractivity contribution in [1.29, 1.82) is 0 Å². The standard InChI is InChI=1S/C12H14F3NO3/c1-11(16,12(13,14)15)10(17)7-4-8(18-2)6-9(5-7)19-3/h4-6H,16H2,1-3H3. The van der Waals surface area contributed by atoms with Crippen LogP contribution in [0.5, 0.6) is 11.5 Å². The topological polar surface area (TPSA) is 61.5 Å². The van der Waals surface area contributed by atoms with Crippen molar-refractivity contribution in [3.63, 3.8) is 0 Å². The summed E-state index contributed by atoms with van der Waals surface area (Å²) >= 11 is 0. The fourth-order valence-corrected chi connectivity index (χ4v) is 1.37. The molecule has 1 aromatic rings. The van der Waals surface area contributed by atoms with Crippen molar-refractivity contribution in [2.75, 3.05) is 14.2 Å². The van der Waals surface area contributed by atoms with Crippen LogP contribution in [0.25, 0.3) is 0 Å². The van der Waals surface area contributed by atoms with Crippen LogP contribution in [0.3, 0.4) is 0 Å². The number of nitrogens with two attached hydrogens (primary N) is 1. The van der Waals surface area contributed by atoms with E-state index in [1.54, 1.807) is 0 Å². The lowest BCUT2D eigenvalue weighted by Gasteiger charge is -2.26. The maximum absolute atomic E-state index is 12.7. The highest BCUT2D eigenvalue weighted by Gasteiger charge is 2.53. The number of hydrogen-bond donors (Lipinski definition) is 1. The molecular weight excluding hydrogens is 263 g/mol. The van der Waals surface area contributed by atoms with Gasteiger partial charge in [-0.15, -0.1) is 0 Å². The first-order valence-corrected chi connectivity index (χ1v) is 5.27. The van der Waals surface area contributed by atoms with E-state index in [2.05, 4.69) is 0 Å². The van der Waals surface area contributed by atoms with E-state index >= 15 is 0 Å². The molecule has 1 aromatic carbocycles. The lowest BCUT2D eigenvalue weighted by Crippen LogP contribution is -2.57. The van der Waals surface area contributed by atoms with E-state index < -0.39 is 17.5 Å². The molecule has 0 saturated carbocycles. The maximum Gasteiger partial charge on any atom is 0.413 e. The third kappa shape index (κ3) is 2.98. The van der Waals surface area contributed by atoms with Crippen LogP contribution in [0.15, 0.2) is 18.2 Å². The van der Waals surface area contributed by atoms with Gasteiger partial charge in [0.2, 0.25) is 0 Å². The molecule has 106 valence electrons. The van der Waals surface area contributed by atoms with Crippen LogP contribution in [0.2, 0.25) is 0 Å². The number of methoxy groups -OCH3 is 2. The molecule has 0 heterocycles. The highest BCUT2D eigenvalue weighted by Crippen LogP contribution is 2.32. The molecule has 0 aliphatic heterocycles. The average molecular weight is 277 g/mol. The molecule has 0 saturated heterocycles. The zero-order valence-corrected chi connectivity index (χ0v) is 10.7. The van der Waals surface area contributed by atoms with E-state index in [1.807, 2.05) is 0 Å². The Bertz CT molecular complexity index is 461. The molecule has 0 aliphatic carbocycles. The van der Waals surface area contributed by atoms with Gasteiger partial charge in [-0.05, 0) is 19.1 Å². The number of Topliss-reactive ketones (excluding diaryl/α,β-unsaturated/α-hetero) is 1. The first-order valence-electron chi connectivity index (χ1n) is 5.27. The molecule has 1 unspecified atom stereocenters. The number of hydrogen-bond acceptors (Lipinski definition) is 4. The van der Waals surface area contributed by atoms with Crippen LogP contribution >= 0.6 is 0 Å². The van der Waals surface area contributed by atoms with Crippen molar-refractivity contribution in [3.8, 4) is 11.5 Å². The molecule has 19 heavy (non-hydrogen) atoms. The van der Waals surface area contributed by atoms with E-state index in [-0.39, 0.29) is 17.1 Å². The Labute approximate surface area is 108 Å². The third-order valence-corrected chi connectivity index (χ3v) is 2.67. The molecule has 0 aromatic heterocycles. The minimum Gasteiger partial charge on any atom is -0.497 e. The van der Waals surface area contributed by atoms with Gasteiger partial charge >= 0.3 is 6.18 Å².